The largest absolute Gasteiger partial charge is 0.478 e. The molecule has 0 aromatic heterocycles. The van der Waals surface area contributed by atoms with Crippen LogP contribution in [0.3, 0.4) is 0 Å². The number of aliphatic carboxylic acids is 1. The molecule has 0 heterocycles. The summed E-state index contributed by atoms with van der Waals surface area (Å²) in [6.07, 6.45) is 0.513. The van der Waals surface area contributed by atoms with Crippen LogP contribution in [0.2, 0.25) is 26.2 Å². The van der Waals surface area contributed by atoms with E-state index in [2.05, 4.69) is 26.2 Å². The van der Waals surface area contributed by atoms with Crippen LogP contribution < -0.4 is 0 Å². The predicted octanol–water partition coefficient (Wildman–Crippen LogP) is 3.68. The lowest BCUT2D eigenvalue weighted by Gasteiger charge is -2.30. The molecule has 110 valence electrons. The van der Waals surface area contributed by atoms with Crippen molar-refractivity contribution in [1.29, 1.82) is 0 Å². The third-order valence-electron chi connectivity index (χ3n) is 3.11. The number of carbonyl (C=O) groups is 1. The minimum absolute atomic E-state index is 0.488. The van der Waals surface area contributed by atoms with Gasteiger partial charge in [-0.1, -0.05) is 37.3 Å². The van der Waals surface area contributed by atoms with Gasteiger partial charge in [0.05, 0.1) is 0 Å². The number of rotatable bonds is 6. The monoisotopic (exact) mass is 308 g/mol. The third kappa shape index (κ3) is 4.16. The summed E-state index contributed by atoms with van der Waals surface area (Å²) < 4.78 is 6.24. The number of benzene rings is 1. The Balaban J connectivity index is 3.47. The van der Waals surface area contributed by atoms with Crippen LogP contribution in [0.4, 0.5) is 0 Å². The number of hydrogen-bond acceptors (Lipinski definition) is 2. The van der Waals surface area contributed by atoms with E-state index < -0.39 is 23.3 Å². The van der Waals surface area contributed by atoms with Crippen LogP contribution in [0.1, 0.15) is 18.9 Å². The fourth-order valence-electron chi connectivity index (χ4n) is 2.57. The van der Waals surface area contributed by atoms with Gasteiger partial charge >= 0.3 is 5.97 Å². The van der Waals surface area contributed by atoms with E-state index in [4.69, 9.17) is 4.12 Å². The molecule has 5 heteroatoms. The van der Waals surface area contributed by atoms with Crippen LogP contribution in [0, 0.1) is 0 Å². The van der Waals surface area contributed by atoms with Gasteiger partial charge in [-0.3, -0.25) is 0 Å². The summed E-state index contributed by atoms with van der Waals surface area (Å²) in [7, 11) is -3.45. The van der Waals surface area contributed by atoms with E-state index in [0.29, 0.717) is 12.0 Å². The van der Waals surface area contributed by atoms with Gasteiger partial charge < -0.3 is 9.22 Å². The van der Waals surface area contributed by atoms with Crippen molar-refractivity contribution in [3.05, 3.63) is 41.5 Å². The van der Waals surface area contributed by atoms with E-state index in [1.54, 1.807) is 0 Å². The van der Waals surface area contributed by atoms with Crippen LogP contribution in [-0.2, 0) is 8.91 Å². The molecule has 1 rings (SSSR count). The predicted molar refractivity (Wildman–Crippen MR) is 88.7 cm³/mol. The van der Waals surface area contributed by atoms with Crippen molar-refractivity contribution in [1.82, 2.24) is 0 Å². The van der Waals surface area contributed by atoms with Crippen LogP contribution in [0.15, 0.2) is 35.9 Å². The minimum Gasteiger partial charge on any atom is -0.478 e. The van der Waals surface area contributed by atoms with Crippen molar-refractivity contribution in [3.8, 4) is 0 Å². The molecule has 20 heavy (non-hydrogen) atoms. The second kappa shape index (κ2) is 7.01. The van der Waals surface area contributed by atoms with Crippen molar-refractivity contribution < 1.29 is 14.0 Å². The zero-order valence-corrected chi connectivity index (χ0v) is 15.1. The van der Waals surface area contributed by atoms with Gasteiger partial charge in [-0.25, -0.2) is 4.79 Å². The Morgan fingerprint density at radius 1 is 1.25 bits per heavy atom. The van der Waals surface area contributed by atoms with Crippen molar-refractivity contribution in [3.63, 3.8) is 0 Å². The molecule has 3 nitrogen and oxygen atoms in total. The normalized spacial score (nSPS) is 13.3. The molecule has 0 aliphatic rings. The van der Waals surface area contributed by atoms with Crippen LogP contribution in [0.5, 0.6) is 0 Å². The maximum absolute atomic E-state index is 11.6. The number of carboxylic acids is 1. The molecule has 0 atom stereocenters. The summed E-state index contributed by atoms with van der Waals surface area (Å²) in [6.45, 7) is 10.3. The quantitative estimate of drug-likeness (QED) is 0.644. The molecule has 0 aliphatic heterocycles. The molecule has 0 aliphatic carbocycles. The Bertz CT molecular complexity index is 493. The first-order valence-corrected chi connectivity index (χ1v) is 12.7. The third-order valence-corrected chi connectivity index (χ3v) is 9.15. The van der Waals surface area contributed by atoms with E-state index in [0.717, 1.165) is 10.8 Å². The topological polar surface area (TPSA) is 46.5 Å². The maximum atomic E-state index is 11.6. The van der Waals surface area contributed by atoms with Gasteiger partial charge in [-0.2, -0.15) is 0 Å². The lowest BCUT2D eigenvalue weighted by Crippen LogP contribution is -2.38. The molecule has 0 radical (unpaired) electrons. The van der Waals surface area contributed by atoms with E-state index >= 15 is 0 Å². The van der Waals surface area contributed by atoms with E-state index in [1.807, 2.05) is 37.3 Å². The average Bonchev–Trinajstić information content (AvgIpc) is 2.34. The zero-order chi connectivity index (χ0) is 15.3. The van der Waals surface area contributed by atoms with Crippen molar-refractivity contribution in [2.75, 3.05) is 0 Å². The standard InChI is InChI=1S/C15H24O3Si2/c1-6-13(15(16)17)14(12-10-8-7-9-11-12)20(4,5)18-19(2)3/h7-11,19H,6H2,1-5H3,(H,16,17). The van der Waals surface area contributed by atoms with Gasteiger partial charge in [0.25, 0.3) is 0 Å². The SMILES string of the molecule is CCC(C(=O)O)=C(c1ccccc1)[Si](C)(C)O[SiH](C)C. The molecule has 0 saturated carbocycles. The van der Waals surface area contributed by atoms with Gasteiger partial charge in [0.2, 0.25) is 8.32 Å². The first kappa shape index (κ1) is 16.9. The van der Waals surface area contributed by atoms with E-state index in [9.17, 15) is 9.90 Å². The lowest BCUT2D eigenvalue weighted by molar-refractivity contribution is -0.132. The highest BCUT2D eigenvalue weighted by atomic mass is 28.4. The first-order chi connectivity index (χ1) is 9.29. The van der Waals surface area contributed by atoms with E-state index in [1.165, 1.54) is 0 Å². The van der Waals surface area contributed by atoms with Crippen LogP contribution >= 0.6 is 0 Å². The minimum atomic E-state index is -2.22. The Morgan fingerprint density at radius 3 is 2.20 bits per heavy atom. The number of carboxylic acid groups (broad SMARTS) is 1. The highest BCUT2D eigenvalue weighted by Crippen LogP contribution is 2.32. The summed E-state index contributed by atoms with van der Waals surface area (Å²) in [6, 6.07) is 9.80. The molecule has 0 bridgehead atoms. The Labute approximate surface area is 124 Å². The number of hydrogen-bond donors (Lipinski definition) is 1. The van der Waals surface area contributed by atoms with Gasteiger partial charge in [0.1, 0.15) is 0 Å². The molecule has 1 aromatic rings. The Hall–Kier alpha value is -1.18. The van der Waals surface area contributed by atoms with E-state index in [-0.39, 0.29) is 0 Å². The average molecular weight is 309 g/mol. The Kier molecular flexibility index (Phi) is 5.92. The molecule has 0 unspecified atom stereocenters. The van der Waals surface area contributed by atoms with Crippen molar-refractivity contribution >= 4 is 28.5 Å². The summed E-state index contributed by atoms with van der Waals surface area (Å²) in [5.41, 5.74) is 1.47. The van der Waals surface area contributed by atoms with Crippen molar-refractivity contribution in [2.45, 2.75) is 39.5 Å². The second-order valence-electron chi connectivity index (χ2n) is 5.56. The fourth-order valence-corrected chi connectivity index (χ4v) is 9.63. The fraction of sp³-hybridized carbons (Fsp3) is 0.400. The lowest BCUT2D eigenvalue weighted by atomic mass is 10.1. The van der Waals surface area contributed by atoms with Crippen molar-refractivity contribution in [2.24, 2.45) is 0 Å². The maximum Gasteiger partial charge on any atom is 0.331 e. The van der Waals surface area contributed by atoms with Gasteiger partial charge in [-0.15, -0.1) is 0 Å². The van der Waals surface area contributed by atoms with Crippen LogP contribution in [0.25, 0.3) is 5.20 Å². The summed E-state index contributed by atoms with van der Waals surface area (Å²) in [5.74, 6) is -0.832. The molecule has 0 amide bonds. The highest BCUT2D eigenvalue weighted by molar-refractivity contribution is 6.93. The summed E-state index contributed by atoms with van der Waals surface area (Å²) in [5, 5.41) is 10.4. The van der Waals surface area contributed by atoms with Gasteiger partial charge in [-0.05, 0) is 43.4 Å². The molecule has 0 fully saturated rings. The molecular weight excluding hydrogens is 284 g/mol. The highest BCUT2D eigenvalue weighted by Gasteiger charge is 2.33. The zero-order valence-electron chi connectivity index (χ0n) is 12.9. The first-order valence-electron chi connectivity index (χ1n) is 6.99. The molecular formula is C15H24O3Si2. The molecule has 1 aromatic carbocycles. The van der Waals surface area contributed by atoms with Gasteiger partial charge in [0, 0.05) is 5.57 Å². The molecule has 0 saturated heterocycles. The van der Waals surface area contributed by atoms with Crippen LogP contribution in [-0.4, -0.2) is 28.4 Å². The Morgan fingerprint density at radius 2 is 1.80 bits per heavy atom. The molecule has 0 spiro atoms. The van der Waals surface area contributed by atoms with Gasteiger partial charge in [0.15, 0.2) is 9.04 Å². The summed E-state index contributed by atoms with van der Waals surface area (Å²) in [4.78, 5) is 11.6. The molecule has 1 N–H and O–H groups in total. The smallest absolute Gasteiger partial charge is 0.331 e. The summed E-state index contributed by atoms with van der Waals surface area (Å²) >= 11 is 0. The second-order valence-corrected chi connectivity index (χ2v) is 12.1.